The molecule has 0 bridgehead atoms. The largest absolute Gasteiger partial charge is 0.465 e. The highest BCUT2D eigenvalue weighted by atomic mass is 79.9. The fraction of sp³-hybridized carbons (Fsp3) is 0.278. The summed E-state index contributed by atoms with van der Waals surface area (Å²) >= 11 is 3.55. The van der Waals surface area contributed by atoms with Gasteiger partial charge in [-0.3, -0.25) is 0 Å². The van der Waals surface area contributed by atoms with Crippen molar-refractivity contribution in [3.63, 3.8) is 0 Å². The van der Waals surface area contributed by atoms with Crippen LogP contribution < -0.4 is 10.1 Å². The molecule has 126 valence electrons. The molecule has 0 spiro atoms. The summed E-state index contributed by atoms with van der Waals surface area (Å²) in [5.41, 5.74) is 1.03. The Morgan fingerprint density at radius 1 is 1.17 bits per heavy atom. The van der Waals surface area contributed by atoms with Gasteiger partial charge in [0.2, 0.25) is 0 Å². The number of para-hydroxylation sites is 1. The molecule has 5 nitrogen and oxygen atoms in total. The van der Waals surface area contributed by atoms with E-state index in [4.69, 9.17) is 14.6 Å². The van der Waals surface area contributed by atoms with Crippen LogP contribution >= 0.6 is 15.9 Å². The van der Waals surface area contributed by atoms with E-state index >= 15 is 0 Å². The minimum absolute atomic E-state index is 0.0117. The Bertz CT molecular complexity index is 701. The predicted octanol–water partition coefficient (Wildman–Crippen LogP) is 4.56. The minimum Gasteiger partial charge on any atom is -0.465 e. The average molecular weight is 392 g/mol. The van der Waals surface area contributed by atoms with E-state index in [1.165, 1.54) is 0 Å². The maximum absolute atomic E-state index is 10.5. The fourth-order valence-electron chi connectivity index (χ4n) is 2.54. The van der Waals surface area contributed by atoms with Gasteiger partial charge in [0.1, 0.15) is 11.5 Å². The van der Waals surface area contributed by atoms with Crippen molar-refractivity contribution in [1.82, 2.24) is 5.32 Å². The van der Waals surface area contributed by atoms with Crippen LogP contribution in [0.2, 0.25) is 0 Å². The van der Waals surface area contributed by atoms with Gasteiger partial charge in [-0.1, -0.05) is 40.2 Å². The number of hydrogen-bond acceptors (Lipinski definition) is 3. The van der Waals surface area contributed by atoms with Gasteiger partial charge in [0.05, 0.1) is 12.7 Å². The standard InChI is InChI=1S/C18H18BrNO4/c19-17-10-15(24-14-4-2-1-3-5-14)7-6-12(17)11-23-16-8-13(9-16)20-18(21)22/h1-7,10,13,16,20H,8-9,11H2,(H,21,22)/t13-,16-. The lowest BCUT2D eigenvalue weighted by molar-refractivity contribution is -0.0254. The molecule has 0 saturated heterocycles. The van der Waals surface area contributed by atoms with Gasteiger partial charge in [-0.2, -0.15) is 0 Å². The van der Waals surface area contributed by atoms with Crippen LogP contribution in [0.15, 0.2) is 53.0 Å². The molecule has 1 amide bonds. The first-order valence-electron chi connectivity index (χ1n) is 7.72. The monoisotopic (exact) mass is 391 g/mol. The molecular formula is C18H18BrNO4. The Kier molecular flexibility index (Phi) is 5.37. The van der Waals surface area contributed by atoms with Crippen LogP contribution in [0.3, 0.4) is 0 Å². The highest BCUT2D eigenvalue weighted by Crippen LogP contribution is 2.29. The second-order valence-electron chi connectivity index (χ2n) is 5.72. The number of nitrogens with one attached hydrogen (secondary N) is 1. The lowest BCUT2D eigenvalue weighted by Crippen LogP contribution is -2.47. The summed E-state index contributed by atoms with van der Waals surface area (Å²) in [4.78, 5) is 10.5. The first kappa shape index (κ1) is 16.8. The van der Waals surface area contributed by atoms with Crippen LogP contribution in [0.1, 0.15) is 18.4 Å². The zero-order valence-electron chi connectivity index (χ0n) is 12.9. The van der Waals surface area contributed by atoms with Gasteiger partial charge >= 0.3 is 6.09 Å². The van der Waals surface area contributed by atoms with E-state index in [0.717, 1.165) is 34.4 Å². The summed E-state index contributed by atoms with van der Waals surface area (Å²) < 4.78 is 12.5. The van der Waals surface area contributed by atoms with Crippen LogP contribution in [0.4, 0.5) is 4.79 Å². The van der Waals surface area contributed by atoms with Crippen molar-refractivity contribution in [2.24, 2.45) is 0 Å². The molecule has 0 aliphatic heterocycles. The molecule has 24 heavy (non-hydrogen) atoms. The van der Waals surface area contributed by atoms with Gasteiger partial charge in [0, 0.05) is 10.5 Å². The normalized spacial score (nSPS) is 19.4. The molecule has 6 heteroatoms. The summed E-state index contributed by atoms with van der Waals surface area (Å²) in [7, 11) is 0. The second-order valence-corrected chi connectivity index (χ2v) is 6.57. The van der Waals surface area contributed by atoms with Gasteiger partial charge in [-0.15, -0.1) is 0 Å². The molecule has 2 aromatic carbocycles. The molecule has 1 aliphatic rings. The van der Waals surface area contributed by atoms with Crippen molar-refractivity contribution in [2.45, 2.75) is 31.6 Å². The number of amides is 1. The number of benzene rings is 2. The Balaban J connectivity index is 1.50. The SMILES string of the molecule is O=C(O)N[C@H]1C[C@H](OCc2ccc(Oc3ccccc3)cc2Br)C1. The van der Waals surface area contributed by atoms with Crippen molar-refractivity contribution < 1.29 is 19.4 Å². The molecule has 0 heterocycles. The topological polar surface area (TPSA) is 67.8 Å². The smallest absolute Gasteiger partial charge is 0.404 e. The summed E-state index contributed by atoms with van der Waals surface area (Å²) in [6.07, 6.45) is 0.572. The van der Waals surface area contributed by atoms with Crippen molar-refractivity contribution in [3.05, 3.63) is 58.6 Å². The molecule has 0 unspecified atom stereocenters. The van der Waals surface area contributed by atoms with Crippen LogP contribution in [-0.4, -0.2) is 23.3 Å². The molecule has 0 atom stereocenters. The molecule has 2 aromatic rings. The number of rotatable bonds is 6. The Morgan fingerprint density at radius 2 is 1.92 bits per heavy atom. The molecular weight excluding hydrogens is 374 g/mol. The molecule has 2 N–H and O–H groups in total. The van der Waals surface area contributed by atoms with E-state index in [0.29, 0.717) is 6.61 Å². The first-order valence-corrected chi connectivity index (χ1v) is 8.52. The molecule has 0 aromatic heterocycles. The van der Waals surface area contributed by atoms with Crippen LogP contribution in [0.25, 0.3) is 0 Å². The predicted molar refractivity (Wildman–Crippen MR) is 93.4 cm³/mol. The molecule has 1 aliphatic carbocycles. The summed E-state index contributed by atoms with van der Waals surface area (Å²) in [6, 6.07) is 15.4. The maximum atomic E-state index is 10.5. The van der Waals surface area contributed by atoms with E-state index in [9.17, 15) is 4.79 Å². The number of halogens is 1. The second kappa shape index (κ2) is 7.68. The van der Waals surface area contributed by atoms with E-state index < -0.39 is 6.09 Å². The quantitative estimate of drug-likeness (QED) is 0.757. The zero-order valence-corrected chi connectivity index (χ0v) is 14.5. The third-order valence-electron chi connectivity index (χ3n) is 3.90. The molecule has 0 radical (unpaired) electrons. The highest BCUT2D eigenvalue weighted by molar-refractivity contribution is 9.10. The number of hydrogen-bond donors (Lipinski definition) is 2. The van der Waals surface area contributed by atoms with E-state index in [1.54, 1.807) is 0 Å². The van der Waals surface area contributed by atoms with E-state index in [1.807, 2.05) is 48.5 Å². The third kappa shape index (κ3) is 4.49. The summed E-state index contributed by atoms with van der Waals surface area (Å²) in [5, 5.41) is 11.1. The van der Waals surface area contributed by atoms with Gasteiger partial charge in [0.25, 0.3) is 0 Å². The Labute approximate surface area is 148 Å². The third-order valence-corrected chi connectivity index (χ3v) is 4.64. The van der Waals surface area contributed by atoms with E-state index in [-0.39, 0.29) is 12.1 Å². The molecule has 3 rings (SSSR count). The molecule has 1 saturated carbocycles. The van der Waals surface area contributed by atoms with Gasteiger partial charge in [0.15, 0.2) is 0 Å². The Hall–Kier alpha value is -2.05. The van der Waals surface area contributed by atoms with Crippen molar-refractivity contribution in [1.29, 1.82) is 0 Å². The Morgan fingerprint density at radius 3 is 2.58 bits per heavy atom. The lowest BCUT2D eigenvalue weighted by atomic mass is 9.89. The fourth-order valence-corrected chi connectivity index (χ4v) is 3.01. The molecule has 1 fully saturated rings. The first-order chi connectivity index (χ1) is 11.6. The van der Waals surface area contributed by atoms with E-state index in [2.05, 4.69) is 21.2 Å². The summed E-state index contributed by atoms with van der Waals surface area (Å²) in [5.74, 6) is 1.55. The lowest BCUT2D eigenvalue weighted by Gasteiger charge is -2.34. The number of ether oxygens (including phenoxy) is 2. The number of carboxylic acid groups (broad SMARTS) is 1. The van der Waals surface area contributed by atoms with Crippen molar-refractivity contribution >= 4 is 22.0 Å². The van der Waals surface area contributed by atoms with Crippen molar-refractivity contribution in [3.8, 4) is 11.5 Å². The minimum atomic E-state index is -0.977. The maximum Gasteiger partial charge on any atom is 0.404 e. The highest BCUT2D eigenvalue weighted by Gasteiger charge is 2.31. The number of carbonyl (C=O) groups is 1. The van der Waals surface area contributed by atoms with Crippen LogP contribution in [0, 0.1) is 0 Å². The van der Waals surface area contributed by atoms with Gasteiger partial charge in [-0.05, 0) is 42.7 Å². The zero-order chi connectivity index (χ0) is 16.9. The van der Waals surface area contributed by atoms with Crippen LogP contribution in [0.5, 0.6) is 11.5 Å². The van der Waals surface area contributed by atoms with Gasteiger partial charge < -0.3 is 19.9 Å². The summed E-state index contributed by atoms with van der Waals surface area (Å²) in [6.45, 7) is 0.483. The van der Waals surface area contributed by atoms with Crippen molar-refractivity contribution in [2.75, 3.05) is 0 Å². The average Bonchev–Trinajstić information content (AvgIpc) is 2.51. The van der Waals surface area contributed by atoms with Gasteiger partial charge in [-0.25, -0.2) is 4.79 Å². The van der Waals surface area contributed by atoms with Crippen LogP contribution in [-0.2, 0) is 11.3 Å².